The van der Waals surface area contributed by atoms with Gasteiger partial charge in [-0.15, -0.1) is 0 Å². The standard InChI is InChI=1S/C16H17FN2O2/c1-10(11-4-3-5-12(17)8-11)19-13-6-7-15(18)14(9-13)16(20)21-2/h3-10,19H,18H2,1-2H3. The van der Waals surface area contributed by atoms with Crippen LogP contribution in [-0.2, 0) is 4.74 Å². The highest BCUT2D eigenvalue weighted by Crippen LogP contribution is 2.23. The minimum atomic E-state index is -0.491. The van der Waals surface area contributed by atoms with Crippen LogP contribution < -0.4 is 11.1 Å². The molecule has 0 aliphatic rings. The van der Waals surface area contributed by atoms with Crippen molar-refractivity contribution in [2.45, 2.75) is 13.0 Å². The van der Waals surface area contributed by atoms with E-state index in [0.717, 1.165) is 5.56 Å². The van der Waals surface area contributed by atoms with E-state index in [1.165, 1.54) is 19.2 Å². The van der Waals surface area contributed by atoms with Gasteiger partial charge in [0, 0.05) is 17.4 Å². The van der Waals surface area contributed by atoms with Crippen molar-refractivity contribution in [2.24, 2.45) is 0 Å². The van der Waals surface area contributed by atoms with Crippen LogP contribution in [0.2, 0.25) is 0 Å². The molecule has 2 aromatic carbocycles. The van der Waals surface area contributed by atoms with Crippen molar-refractivity contribution in [3.63, 3.8) is 0 Å². The van der Waals surface area contributed by atoms with E-state index < -0.39 is 5.97 Å². The molecule has 1 atom stereocenters. The second-order valence-corrected chi connectivity index (χ2v) is 4.71. The van der Waals surface area contributed by atoms with E-state index in [4.69, 9.17) is 5.73 Å². The van der Waals surface area contributed by atoms with Crippen LogP contribution in [0.5, 0.6) is 0 Å². The molecule has 0 aromatic heterocycles. The first-order valence-electron chi connectivity index (χ1n) is 6.51. The molecule has 0 saturated heterocycles. The van der Waals surface area contributed by atoms with Gasteiger partial charge in [0.1, 0.15) is 5.82 Å². The van der Waals surface area contributed by atoms with Crippen molar-refractivity contribution < 1.29 is 13.9 Å². The summed E-state index contributed by atoms with van der Waals surface area (Å²) in [4.78, 5) is 11.6. The fraction of sp³-hybridized carbons (Fsp3) is 0.188. The Morgan fingerprint density at radius 2 is 2.05 bits per heavy atom. The van der Waals surface area contributed by atoms with Crippen LogP contribution >= 0.6 is 0 Å². The van der Waals surface area contributed by atoms with Crippen LogP contribution in [0.25, 0.3) is 0 Å². The molecule has 2 aromatic rings. The molecule has 21 heavy (non-hydrogen) atoms. The van der Waals surface area contributed by atoms with Crippen LogP contribution in [-0.4, -0.2) is 13.1 Å². The average Bonchev–Trinajstić information content (AvgIpc) is 2.48. The molecule has 0 aliphatic carbocycles. The zero-order valence-electron chi connectivity index (χ0n) is 11.9. The first-order chi connectivity index (χ1) is 10.0. The number of esters is 1. The summed E-state index contributed by atoms with van der Waals surface area (Å²) >= 11 is 0. The summed E-state index contributed by atoms with van der Waals surface area (Å²) in [5, 5.41) is 3.20. The van der Waals surface area contributed by atoms with E-state index in [9.17, 15) is 9.18 Å². The third-order valence-corrected chi connectivity index (χ3v) is 3.19. The van der Waals surface area contributed by atoms with Crippen LogP contribution in [0.3, 0.4) is 0 Å². The third-order valence-electron chi connectivity index (χ3n) is 3.19. The van der Waals surface area contributed by atoms with Gasteiger partial charge in [-0.25, -0.2) is 9.18 Å². The van der Waals surface area contributed by atoms with Crippen molar-refractivity contribution >= 4 is 17.3 Å². The number of hydrogen-bond acceptors (Lipinski definition) is 4. The molecule has 0 fully saturated rings. The number of carbonyl (C=O) groups excluding carboxylic acids is 1. The predicted octanol–water partition coefficient (Wildman–Crippen LogP) is 3.37. The van der Waals surface area contributed by atoms with Crippen molar-refractivity contribution in [3.05, 3.63) is 59.4 Å². The van der Waals surface area contributed by atoms with E-state index in [0.29, 0.717) is 16.9 Å². The molecule has 5 heteroatoms. The minimum absolute atomic E-state index is 0.116. The van der Waals surface area contributed by atoms with Gasteiger partial charge in [0.05, 0.1) is 12.7 Å². The van der Waals surface area contributed by atoms with E-state index in [1.54, 1.807) is 24.3 Å². The van der Waals surface area contributed by atoms with Gasteiger partial charge in [-0.05, 0) is 42.8 Å². The van der Waals surface area contributed by atoms with Crippen molar-refractivity contribution in [1.29, 1.82) is 0 Å². The lowest BCUT2D eigenvalue weighted by Gasteiger charge is -2.17. The predicted molar refractivity (Wildman–Crippen MR) is 80.6 cm³/mol. The SMILES string of the molecule is COC(=O)c1cc(NC(C)c2cccc(F)c2)ccc1N. The molecule has 0 spiro atoms. The Balaban J connectivity index is 2.21. The zero-order chi connectivity index (χ0) is 15.4. The average molecular weight is 288 g/mol. The van der Waals surface area contributed by atoms with Gasteiger partial charge < -0.3 is 15.8 Å². The summed E-state index contributed by atoms with van der Waals surface area (Å²) in [6, 6.07) is 11.3. The monoisotopic (exact) mass is 288 g/mol. The number of anilines is 2. The Labute approximate surface area is 122 Å². The van der Waals surface area contributed by atoms with Gasteiger partial charge in [0.25, 0.3) is 0 Å². The molecule has 3 N–H and O–H groups in total. The molecule has 0 bridgehead atoms. The summed E-state index contributed by atoms with van der Waals surface area (Å²) in [7, 11) is 1.30. The van der Waals surface area contributed by atoms with Crippen molar-refractivity contribution in [3.8, 4) is 0 Å². The molecule has 0 saturated carbocycles. The van der Waals surface area contributed by atoms with Crippen LogP contribution in [0, 0.1) is 5.82 Å². The second-order valence-electron chi connectivity index (χ2n) is 4.71. The Hall–Kier alpha value is -2.56. The lowest BCUT2D eigenvalue weighted by atomic mass is 10.1. The quantitative estimate of drug-likeness (QED) is 0.669. The Morgan fingerprint density at radius 3 is 2.71 bits per heavy atom. The molecule has 2 rings (SSSR count). The molecule has 0 aliphatic heterocycles. The number of halogens is 1. The minimum Gasteiger partial charge on any atom is -0.465 e. The Morgan fingerprint density at radius 1 is 1.29 bits per heavy atom. The highest BCUT2D eigenvalue weighted by molar-refractivity contribution is 5.96. The number of benzene rings is 2. The first kappa shape index (κ1) is 14.8. The van der Waals surface area contributed by atoms with E-state index in [1.807, 2.05) is 13.0 Å². The lowest BCUT2D eigenvalue weighted by Crippen LogP contribution is -2.10. The third kappa shape index (κ3) is 3.51. The Kier molecular flexibility index (Phi) is 4.42. The molecule has 0 heterocycles. The normalized spacial score (nSPS) is 11.8. The summed E-state index contributed by atoms with van der Waals surface area (Å²) in [5.41, 5.74) is 7.92. The fourth-order valence-electron chi connectivity index (χ4n) is 2.04. The molecular formula is C16H17FN2O2. The largest absolute Gasteiger partial charge is 0.465 e. The number of ether oxygens (including phenoxy) is 1. The zero-order valence-corrected chi connectivity index (χ0v) is 11.9. The van der Waals surface area contributed by atoms with Gasteiger partial charge in [-0.2, -0.15) is 0 Å². The lowest BCUT2D eigenvalue weighted by molar-refractivity contribution is 0.0602. The van der Waals surface area contributed by atoms with Crippen LogP contribution in [0.15, 0.2) is 42.5 Å². The maximum Gasteiger partial charge on any atom is 0.340 e. The number of nitrogens with one attached hydrogen (secondary N) is 1. The van der Waals surface area contributed by atoms with E-state index in [2.05, 4.69) is 10.1 Å². The smallest absolute Gasteiger partial charge is 0.340 e. The molecular weight excluding hydrogens is 271 g/mol. The highest BCUT2D eigenvalue weighted by Gasteiger charge is 2.12. The molecule has 110 valence electrons. The van der Waals surface area contributed by atoms with Gasteiger partial charge in [0.2, 0.25) is 0 Å². The van der Waals surface area contributed by atoms with E-state index >= 15 is 0 Å². The fourth-order valence-corrected chi connectivity index (χ4v) is 2.04. The molecule has 1 unspecified atom stereocenters. The summed E-state index contributed by atoms with van der Waals surface area (Å²) in [6.45, 7) is 1.91. The van der Waals surface area contributed by atoms with Crippen molar-refractivity contribution in [1.82, 2.24) is 0 Å². The number of methoxy groups -OCH3 is 1. The number of rotatable bonds is 4. The van der Waals surface area contributed by atoms with Gasteiger partial charge in [-0.3, -0.25) is 0 Å². The number of hydrogen-bond donors (Lipinski definition) is 2. The molecule has 0 amide bonds. The number of nitrogen functional groups attached to an aromatic ring is 1. The van der Waals surface area contributed by atoms with Gasteiger partial charge in [-0.1, -0.05) is 12.1 Å². The molecule has 0 radical (unpaired) electrons. The summed E-state index contributed by atoms with van der Waals surface area (Å²) in [5.74, 6) is -0.775. The van der Waals surface area contributed by atoms with Gasteiger partial charge >= 0.3 is 5.97 Å². The van der Waals surface area contributed by atoms with Crippen LogP contribution in [0.4, 0.5) is 15.8 Å². The van der Waals surface area contributed by atoms with Crippen molar-refractivity contribution in [2.75, 3.05) is 18.2 Å². The first-order valence-corrected chi connectivity index (χ1v) is 6.51. The maximum absolute atomic E-state index is 13.2. The summed E-state index contributed by atoms with van der Waals surface area (Å²) < 4.78 is 17.9. The maximum atomic E-state index is 13.2. The summed E-state index contributed by atoms with van der Waals surface area (Å²) in [6.07, 6.45) is 0. The number of carbonyl (C=O) groups is 1. The molecule has 4 nitrogen and oxygen atoms in total. The topological polar surface area (TPSA) is 64.3 Å². The highest BCUT2D eigenvalue weighted by atomic mass is 19.1. The number of nitrogens with two attached hydrogens (primary N) is 1. The van der Waals surface area contributed by atoms with Crippen LogP contribution in [0.1, 0.15) is 28.9 Å². The Bertz CT molecular complexity index is 658. The second kappa shape index (κ2) is 6.26. The van der Waals surface area contributed by atoms with E-state index in [-0.39, 0.29) is 11.9 Å². The van der Waals surface area contributed by atoms with Gasteiger partial charge in [0.15, 0.2) is 0 Å².